The van der Waals surface area contributed by atoms with E-state index in [1.807, 2.05) is 60.9 Å². The second-order valence-corrected chi connectivity index (χ2v) is 8.03. The normalized spacial score (nSPS) is 12.4. The zero-order valence-electron chi connectivity index (χ0n) is 15.4. The van der Waals surface area contributed by atoms with Gasteiger partial charge in [-0.3, -0.25) is 4.79 Å². The van der Waals surface area contributed by atoms with Crippen LogP contribution in [0.25, 0.3) is 22.3 Å². The zero-order chi connectivity index (χ0) is 19.7. The summed E-state index contributed by atoms with van der Waals surface area (Å²) in [6, 6.07) is 14.9. The Morgan fingerprint density at radius 2 is 1.89 bits per heavy atom. The number of thioether (sulfide) groups is 1. The van der Waals surface area contributed by atoms with Crippen LogP contribution >= 0.6 is 23.4 Å². The Hall–Kier alpha value is -2.64. The Morgan fingerprint density at radius 3 is 2.64 bits per heavy atom. The van der Waals surface area contributed by atoms with Gasteiger partial charge in [0.2, 0.25) is 0 Å². The lowest BCUT2D eigenvalue weighted by Gasteiger charge is -2.12. The summed E-state index contributed by atoms with van der Waals surface area (Å²) in [6.07, 6.45) is 0. The maximum atomic E-state index is 12.3. The van der Waals surface area contributed by atoms with E-state index in [1.54, 1.807) is 6.07 Å². The van der Waals surface area contributed by atoms with Crippen molar-refractivity contribution in [1.82, 2.24) is 24.7 Å². The number of halogens is 1. The average Bonchev–Trinajstić information content (AvgIpc) is 3.11. The van der Waals surface area contributed by atoms with Crippen LogP contribution in [0.1, 0.15) is 24.9 Å². The second-order valence-electron chi connectivity index (χ2n) is 6.29. The number of aromatic nitrogens is 5. The molecule has 28 heavy (non-hydrogen) atoms. The van der Waals surface area contributed by atoms with Crippen LogP contribution in [-0.4, -0.2) is 24.7 Å². The maximum Gasteiger partial charge on any atom is 0.258 e. The van der Waals surface area contributed by atoms with Gasteiger partial charge in [0.25, 0.3) is 5.56 Å². The van der Waals surface area contributed by atoms with E-state index < -0.39 is 0 Å². The van der Waals surface area contributed by atoms with Gasteiger partial charge in [-0.05, 0) is 50.2 Å². The van der Waals surface area contributed by atoms with E-state index in [2.05, 4.69) is 20.2 Å². The molecule has 0 amide bonds. The molecule has 142 valence electrons. The van der Waals surface area contributed by atoms with Gasteiger partial charge in [-0.15, -0.1) is 10.2 Å². The number of nitrogens with zero attached hydrogens (tertiary/aromatic N) is 4. The van der Waals surface area contributed by atoms with Crippen molar-refractivity contribution < 1.29 is 0 Å². The minimum atomic E-state index is -0.133. The summed E-state index contributed by atoms with van der Waals surface area (Å²) < 4.78 is 2.05. The molecule has 0 aliphatic carbocycles. The lowest BCUT2D eigenvalue weighted by Crippen LogP contribution is -2.13. The fraction of sp³-hybridized carbons (Fsp3) is 0.200. The van der Waals surface area contributed by atoms with Crippen LogP contribution in [-0.2, 0) is 6.54 Å². The highest BCUT2D eigenvalue weighted by Crippen LogP contribution is 2.34. The molecule has 0 aliphatic heterocycles. The third-order valence-corrected chi connectivity index (χ3v) is 5.78. The third-order valence-electron chi connectivity index (χ3n) is 4.43. The zero-order valence-corrected chi connectivity index (χ0v) is 17.0. The van der Waals surface area contributed by atoms with Gasteiger partial charge in [0, 0.05) is 17.1 Å². The highest BCUT2D eigenvalue weighted by molar-refractivity contribution is 7.99. The van der Waals surface area contributed by atoms with Crippen molar-refractivity contribution in [3.05, 3.63) is 69.7 Å². The molecule has 1 N–H and O–H groups in total. The summed E-state index contributed by atoms with van der Waals surface area (Å²) in [5, 5.41) is 10.7. The molecule has 2 aromatic heterocycles. The molecule has 0 bridgehead atoms. The Balaban J connectivity index is 1.66. The third kappa shape index (κ3) is 3.55. The molecule has 8 heteroatoms. The molecule has 0 fully saturated rings. The first kappa shape index (κ1) is 18.7. The van der Waals surface area contributed by atoms with Gasteiger partial charge in [0.05, 0.1) is 16.2 Å². The van der Waals surface area contributed by atoms with Gasteiger partial charge < -0.3 is 9.55 Å². The summed E-state index contributed by atoms with van der Waals surface area (Å²) in [7, 11) is 0. The summed E-state index contributed by atoms with van der Waals surface area (Å²) in [5.74, 6) is 1.40. The van der Waals surface area contributed by atoms with Crippen molar-refractivity contribution in [3.8, 4) is 11.4 Å². The number of hydrogen-bond donors (Lipinski definition) is 1. The molecule has 1 atom stereocenters. The standard InChI is InChI=1S/C20H18ClN5OS/c1-3-26-18(13-8-10-14(21)11-9-13)24-25-20(26)28-12(2)17-22-16-7-5-4-6-15(16)19(27)23-17/h4-12H,3H2,1-2H3,(H,22,23,27)/t12-/m0/s1. The predicted molar refractivity (Wildman–Crippen MR) is 113 cm³/mol. The van der Waals surface area contributed by atoms with E-state index in [-0.39, 0.29) is 10.8 Å². The number of fused-ring (bicyclic) bond motifs is 1. The summed E-state index contributed by atoms with van der Waals surface area (Å²) in [4.78, 5) is 19.9. The fourth-order valence-corrected chi connectivity index (χ4v) is 4.08. The molecule has 0 spiro atoms. The van der Waals surface area contributed by atoms with Gasteiger partial charge in [-0.1, -0.05) is 35.5 Å². The van der Waals surface area contributed by atoms with Crippen LogP contribution in [0, 0.1) is 0 Å². The van der Waals surface area contributed by atoms with Crippen molar-refractivity contribution in [2.75, 3.05) is 0 Å². The number of aromatic amines is 1. The van der Waals surface area contributed by atoms with E-state index in [1.165, 1.54) is 11.8 Å². The van der Waals surface area contributed by atoms with Gasteiger partial charge in [0.15, 0.2) is 11.0 Å². The van der Waals surface area contributed by atoms with Crippen molar-refractivity contribution in [1.29, 1.82) is 0 Å². The van der Waals surface area contributed by atoms with Crippen LogP contribution in [0.15, 0.2) is 58.5 Å². The first-order valence-corrected chi connectivity index (χ1v) is 10.2. The molecular weight excluding hydrogens is 394 g/mol. The monoisotopic (exact) mass is 411 g/mol. The smallest absolute Gasteiger partial charge is 0.258 e. The van der Waals surface area contributed by atoms with Crippen molar-refractivity contribution in [2.24, 2.45) is 0 Å². The number of hydrogen-bond acceptors (Lipinski definition) is 5. The molecule has 0 saturated carbocycles. The average molecular weight is 412 g/mol. The molecule has 2 heterocycles. The Bertz CT molecular complexity index is 1190. The number of para-hydroxylation sites is 1. The number of H-pyrrole nitrogens is 1. The Kier molecular flexibility index (Phi) is 5.19. The molecule has 0 unspecified atom stereocenters. The van der Waals surface area contributed by atoms with Crippen molar-refractivity contribution in [3.63, 3.8) is 0 Å². The molecule has 4 rings (SSSR count). The highest BCUT2D eigenvalue weighted by atomic mass is 35.5. The predicted octanol–water partition coefficient (Wildman–Crippen LogP) is 4.71. The first-order chi connectivity index (χ1) is 13.6. The van der Waals surface area contributed by atoms with Gasteiger partial charge in [-0.2, -0.15) is 0 Å². The van der Waals surface area contributed by atoms with Crippen LogP contribution < -0.4 is 5.56 Å². The summed E-state index contributed by atoms with van der Waals surface area (Å²) in [6.45, 7) is 4.77. The molecule has 2 aromatic carbocycles. The Labute approximate surface area is 171 Å². The quantitative estimate of drug-likeness (QED) is 0.481. The Morgan fingerprint density at radius 1 is 1.14 bits per heavy atom. The first-order valence-electron chi connectivity index (χ1n) is 8.91. The number of rotatable bonds is 5. The lowest BCUT2D eigenvalue weighted by molar-refractivity contribution is 0.685. The highest BCUT2D eigenvalue weighted by Gasteiger charge is 2.19. The van der Waals surface area contributed by atoms with Crippen LogP contribution in [0.3, 0.4) is 0 Å². The van der Waals surface area contributed by atoms with E-state index in [0.717, 1.165) is 23.1 Å². The lowest BCUT2D eigenvalue weighted by atomic mass is 10.2. The minimum absolute atomic E-state index is 0.0927. The number of benzene rings is 2. The molecule has 4 aromatic rings. The molecule has 0 aliphatic rings. The fourth-order valence-electron chi connectivity index (χ4n) is 2.98. The van der Waals surface area contributed by atoms with Crippen LogP contribution in [0.5, 0.6) is 0 Å². The molecule has 0 radical (unpaired) electrons. The van der Waals surface area contributed by atoms with E-state index in [4.69, 9.17) is 11.6 Å². The van der Waals surface area contributed by atoms with Gasteiger partial charge in [0.1, 0.15) is 5.82 Å². The van der Waals surface area contributed by atoms with E-state index in [9.17, 15) is 4.79 Å². The van der Waals surface area contributed by atoms with Crippen molar-refractivity contribution in [2.45, 2.75) is 30.8 Å². The topological polar surface area (TPSA) is 76.5 Å². The summed E-state index contributed by atoms with van der Waals surface area (Å²) in [5.41, 5.74) is 1.51. The van der Waals surface area contributed by atoms with E-state index in [0.29, 0.717) is 21.7 Å². The van der Waals surface area contributed by atoms with Gasteiger partial charge in [-0.25, -0.2) is 4.98 Å². The van der Waals surface area contributed by atoms with Gasteiger partial charge >= 0.3 is 0 Å². The maximum absolute atomic E-state index is 12.3. The molecule has 6 nitrogen and oxygen atoms in total. The largest absolute Gasteiger partial charge is 0.309 e. The van der Waals surface area contributed by atoms with E-state index >= 15 is 0 Å². The molecule has 0 saturated heterocycles. The number of nitrogens with one attached hydrogen (secondary N) is 1. The van der Waals surface area contributed by atoms with Crippen molar-refractivity contribution >= 4 is 34.3 Å². The minimum Gasteiger partial charge on any atom is -0.309 e. The van der Waals surface area contributed by atoms with Crippen LogP contribution in [0.2, 0.25) is 5.02 Å². The SMILES string of the molecule is CCn1c(S[C@@H](C)c2nc3ccccc3c(=O)[nH]2)nnc1-c1ccc(Cl)cc1. The summed E-state index contributed by atoms with van der Waals surface area (Å²) >= 11 is 7.50. The van der Waals surface area contributed by atoms with Crippen LogP contribution in [0.4, 0.5) is 0 Å². The molecular formula is C20H18ClN5OS. The second kappa shape index (κ2) is 7.77.